The molecule has 236 valence electrons. The molecule has 0 spiro atoms. The molecule has 0 saturated heterocycles. The summed E-state index contributed by atoms with van der Waals surface area (Å²) < 4.78 is 40.6. The molecular weight excluding hydrogens is 598 g/mol. The van der Waals surface area contributed by atoms with Gasteiger partial charge in [-0.15, -0.1) is 0 Å². The van der Waals surface area contributed by atoms with Gasteiger partial charge in [0.15, 0.2) is 34.5 Å². The van der Waals surface area contributed by atoms with E-state index in [4.69, 9.17) is 32.8 Å². The predicted octanol–water partition coefficient (Wildman–Crippen LogP) is 5.44. The van der Waals surface area contributed by atoms with Crippen LogP contribution in [0.4, 0.5) is 0 Å². The molecule has 0 amide bonds. The van der Waals surface area contributed by atoms with Crippen molar-refractivity contribution in [1.82, 2.24) is 4.57 Å². The largest absolute Gasteiger partial charge is 0.493 e. The number of esters is 3. The van der Waals surface area contributed by atoms with Crippen LogP contribution in [0.15, 0.2) is 51.7 Å². The Bertz CT molecular complexity index is 2160. The minimum atomic E-state index is -0.625. The number of aromatic nitrogens is 1. The zero-order valence-electron chi connectivity index (χ0n) is 25.9. The molecular formula is C34H29NO11. The number of benzene rings is 3. The van der Waals surface area contributed by atoms with Gasteiger partial charge in [-0.25, -0.2) is 4.79 Å². The van der Waals surface area contributed by atoms with Crippen molar-refractivity contribution >= 4 is 39.8 Å². The monoisotopic (exact) mass is 627 g/mol. The Labute approximate surface area is 261 Å². The molecule has 12 nitrogen and oxygen atoms in total. The van der Waals surface area contributed by atoms with Crippen molar-refractivity contribution in [2.75, 3.05) is 21.3 Å². The zero-order chi connectivity index (χ0) is 32.9. The lowest BCUT2D eigenvalue weighted by atomic mass is 9.91. The van der Waals surface area contributed by atoms with Crippen LogP contribution in [0, 0.1) is 0 Å². The van der Waals surface area contributed by atoms with E-state index in [9.17, 15) is 19.2 Å². The standard InChI is InChI=1S/C34H29NO11/c1-16(36)43-27-12-20(7-8-23(27)40-4)30-31-22-14-26(42-6)29(45-18(3)38)15-24(22)46-34(39)33(31)35-10-9-19-11-25(41-5)28(44-17(2)37)13-21(19)32(30)35/h7-8,11-15H,9-10H2,1-6H3. The van der Waals surface area contributed by atoms with Crippen LogP contribution in [0.3, 0.4) is 0 Å². The van der Waals surface area contributed by atoms with Crippen LogP contribution in [0.2, 0.25) is 0 Å². The maximum atomic E-state index is 13.8. The van der Waals surface area contributed by atoms with E-state index >= 15 is 0 Å². The highest BCUT2D eigenvalue weighted by Gasteiger charge is 2.31. The number of fused-ring (bicyclic) bond motifs is 7. The molecule has 0 aliphatic carbocycles. The first kappa shape index (κ1) is 30.3. The van der Waals surface area contributed by atoms with Gasteiger partial charge in [-0.1, -0.05) is 6.07 Å². The average molecular weight is 628 g/mol. The fourth-order valence-electron chi connectivity index (χ4n) is 5.96. The minimum absolute atomic E-state index is 0.0839. The number of hydrogen-bond donors (Lipinski definition) is 0. The quantitative estimate of drug-likeness (QED) is 0.129. The third-order valence-electron chi connectivity index (χ3n) is 7.66. The van der Waals surface area contributed by atoms with Crippen LogP contribution in [0.25, 0.3) is 44.3 Å². The molecule has 0 radical (unpaired) electrons. The molecule has 12 heteroatoms. The van der Waals surface area contributed by atoms with E-state index in [1.165, 1.54) is 48.2 Å². The van der Waals surface area contributed by atoms with E-state index in [-0.39, 0.29) is 34.1 Å². The summed E-state index contributed by atoms with van der Waals surface area (Å²) >= 11 is 0. The van der Waals surface area contributed by atoms with Crippen LogP contribution in [0.1, 0.15) is 26.3 Å². The molecule has 1 aliphatic heterocycles. The van der Waals surface area contributed by atoms with Crippen molar-refractivity contribution in [3.63, 3.8) is 0 Å². The molecule has 2 aromatic heterocycles. The normalized spacial score (nSPS) is 11.9. The van der Waals surface area contributed by atoms with Gasteiger partial charge in [-0.05, 0) is 47.9 Å². The second-order valence-electron chi connectivity index (χ2n) is 10.5. The Morgan fingerprint density at radius 1 is 0.717 bits per heavy atom. The molecule has 6 rings (SSSR count). The van der Waals surface area contributed by atoms with Gasteiger partial charge in [0.25, 0.3) is 0 Å². The highest BCUT2D eigenvalue weighted by atomic mass is 16.6. The minimum Gasteiger partial charge on any atom is -0.493 e. The highest BCUT2D eigenvalue weighted by Crippen LogP contribution is 2.50. The van der Waals surface area contributed by atoms with E-state index in [2.05, 4.69) is 0 Å². The fraction of sp³-hybridized carbons (Fsp3) is 0.235. The van der Waals surface area contributed by atoms with Gasteiger partial charge in [-0.2, -0.15) is 0 Å². The summed E-state index contributed by atoms with van der Waals surface area (Å²) in [5, 5.41) is 1.02. The van der Waals surface area contributed by atoms with E-state index in [0.717, 1.165) is 5.56 Å². The van der Waals surface area contributed by atoms with Crippen LogP contribution in [0.5, 0.6) is 34.5 Å². The van der Waals surface area contributed by atoms with Crippen molar-refractivity contribution in [2.24, 2.45) is 0 Å². The molecule has 5 aromatic rings. The van der Waals surface area contributed by atoms with Gasteiger partial charge < -0.3 is 37.4 Å². The van der Waals surface area contributed by atoms with E-state index in [1.807, 2.05) is 10.6 Å². The molecule has 0 fully saturated rings. The summed E-state index contributed by atoms with van der Waals surface area (Å²) in [5.41, 5.74) is 3.21. The van der Waals surface area contributed by atoms with Gasteiger partial charge >= 0.3 is 23.5 Å². The molecule has 0 unspecified atom stereocenters. The summed E-state index contributed by atoms with van der Waals surface area (Å²) in [4.78, 5) is 49.7. The van der Waals surface area contributed by atoms with Crippen molar-refractivity contribution in [3.8, 4) is 56.9 Å². The van der Waals surface area contributed by atoms with Gasteiger partial charge in [0.2, 0.25) is 0 Å². The molecule has 0 saturated carbocycles. The van der Waals surface area contributed by atoms with Crippen LogP contribution in [-0.4, -0.2) is 43.8 Å². The van der Waals surface area contributed by atoms with E-state index < -0.39 is 23.5 Å². The zero-order valence-corrected chi connectivity index (χ0v) is 25.9. The fourth-order valence-corrected chi connectivity index (χ4v) is 5.96. The Kier molecular flexibility index (Phi) is 7.64. The number of aryl methyl sites for hydroxylation is 2. The van der Waals surface area contributed by atoms with Crippen LogP contribution in [-0.2, 0) is 27.3 Å². The highest BCUT2D eigenvalue weighted by molar-refractivity contribution is 6.17. The molecule has 3 aromatic carbocycles. The topological polar surface area (TPSA) is 142 Å². The maximum Gasteiger partial charge on any atom is 0.361 e. The van der Waals surface area contributed by atoms with Crippen molar-refractivity contribution < 1.29 is 47.2 Å². The van der Waals surface area contributed by atoms with Crippen molar-refractivity contribution in [1.29, 1.82) is 0 Å². The smallest absolute Gasteiger partial charge is 0.361 e. The Morgan fingerprint density at radius 2 is 1.30 bits per heavy atom. The lowest BCUT2D eigenvalue weighted by Gasteiger charge is -2.23. The van der Waals surface area contributed by atoms with E-state index in [0.29, 0.717) is 57.6 Å². The third kappa shape index (κ3) is 5.07. The first-order chi connectivity index (χ1) is 22.0. The number of rotatable bonds is 7. The second-order valence-corrected chi connectivity index (χ2v) is 10.5. The van der Waals surface area contributed by atoms with Gasteiger partial charge in [-0.3, -0.25) is 14.4 Å². The molecule has 0 atom stereocenters. The van der Waals surface area contributed by atoms with E-state index in [1.54, 1.807) is 30.3 Å². The van der Waals surface area contributed by atoms with Gasteiger partial charge in [0.05, 0.1) is 27.0 Å². The number of carbonyl (C=O) groups excluding carboxylic acids is 3. The summed E-state index contributed by atoms with van der Waals surface area (Å²) in [5.74, 6) is -0.230. The van der Waals surface area contributed by atoms with Gasteiger partial charge in [0.1, 0.15) is 11.1 Å². The predicted molar refractivity (Wildman–Crippen MR) is 166 cm³/mol. The summed E-state index contributed by atoms with van der Waals surface area (Å²) in [6, 6.07) is 11.7. The Morgan fingerprint density at radius 3 is 1.91 bits per heavy atom. The number of carbonyl (C=O) groups is 3. The lowest BCUT2D eigenvalue weighted by molar-refractivity contribution is -0.132. The van der Waals surface area contributed by atoms with Gasteiger partial charge in [0, 0.05) is 55.3 Å². The molecule has 0 bridgehead atoms. The SMILES string of the molecule is COc1ccc(-c2c3n(c4c(=O)oc5cc(OC(C)=O)c(OC)cc5c24)CCc2cc(OC)c(OC(C)=O)cc2-3)cc1OC(C)=O. The number of hydrogen-bond acceptors (Lipinski definition) is 11. The summed E-state index contributed by atoms with van der Waals surface area (Å²) in [7, 11) is 4.39. The van der Waals surface area contributed by atoms with Crippen molar-refractivity contribution in [3.05, 3.63) is 58.4 Å². The first-order valence-electron chi connectivity index (χ1n) is 14.2. The Balaban J connectivity index is 1.79. The van der Waals surface area contributed by atoms with Crippen LogP contribution >= 0.6 is 0 Å². The first-order valence-corrected chi connectivity index (χ1v) is 14.2. The lowest BCUT2D eigenvalue weighted by Crippen LogP contribution is -2.15. The number of nitrogens with zero attached hydrogens (tertiary/aromatic N) is 1. The Hall–Kier alpha value is -5.78. The molecule has 1 aliphatic rings. The third-order valence-corrected chi connectivity index (χ3v) is 7.66. The average Bonchev–Trinajstić information content (AvgIpc) is 3.36. The number of methoxy groups -OCH3 is 3. The van der Waals surface area contributed by atoms with Crippen LogP contribution < -0.4 is 34.0 Å². The van der Waals surface area contributed by atoms with Crippen molar-refractivity contribution in [2.45, 2.75) is 33.7 Å². The second kappa shape index (κ2) is 11.6. The maximum absolute atomic E-state index is 13.8. The number of ether oxygens (including phenoxy) is 6. The summed E-state index contributed by atoms with van der Waals surface area (Å²) in [6.45, 7) is 4.24. The molecule has 0 N–H and O–H groups in total. The molecule has 3 heterocycles. The summed E-state index contributed by atoms with van der Waals surface area (Å²) in [6.07, 6.45) is 0.524. The molecule has 46 heavy (non-hydrogen) atoms.